The fourth-order valence-corrected chi connectivity index (χ4v) is 3.04. The van der Waals surface area contributed by atoms with E-state index in [9.17, 15) is 0 Å². The SMILES string of the molecule is Cc1ccc(C(C)NCc2ccc3c(c2)CCO3)c(C)c1. The van der Waals surface area contributed by atoms with Crippen LogP contribution < -0.4 is 10.1 Å². The standard InChI is InChI=1S/C19H23NO/c1-13-4-6-18(14(2)10-13)15(3)20-12-16-5-7-19-17(11-16)8-9-21-19/h4-7,10-11,15,20H,8-9,12H2,1-3H3. The van der Waals surface area contributed by atoms with Gasteiger partial charge >= 0.3 is 0 Å². The maximum atomic E-state index is 5.55. The van der Waals surface area contributed by atoms with Crippen LogP contribution in [0.4, 0.5) is 0 Å². The van der Waals surface area contributed by atoms with E-state index in [1.54, 1.807) is 0 Å². The number of hydrogen-bond acceptors (Lipinski definition) is 2. The normalized spacial score (nSPS) is 14.6. The van der Waals surface area contributed by atoms with E-state index in [0.29, 0.717) is 6.04 Å². The minimum Gasteiger partial charge on any atom is -0.493 e. The van der Waals surface area contributed by atoms with E-state index < -0.39 is 0 Å². The van der Waals surface area contributed by atoms with E-state index in [1.807, 2.05) is 0 Å². The van der Waals surface area contributed by atoms with Crippen LogP contribution in [-0.4, -0.2) is 6.61 Å². The van der Waals surface area contributed by atoms with Gasteiger partial charge in [-0.1, -0.05) is 35.9 Å². The van der Waals surface area contributed by atoms with Crippen molar-refractivity contribution in [2.24, 2.45) is 0 Å². The van der Waals surface area contributed by atoms with Crippen LogP contribution >= 0.6 is 0 Å². The molecule has 1 unspecified atom stereocenters. The molecule has 2 heteroatoms. The van der Waals surface area contributed by atoms with Crippen molar-refractivity contribution >= 4 is 0 Å². The lowest BCUT2D eigenvalue weighted by molar-refractivity contribution is 0.357. The van der Waals surface area contributed by atoms with Gasteiger partial charge in [0.1, 0.15) is 5.75 Å². The summed E-state index contributed by atoms with van der Waals surface area (Å²) >= 11 is 0. The summed E-state index contributed by atoms with van der Waals surface area (Å²) < 4.78 is 5.55. The van der Waals surface area contributed by atoms with Crippen LogP contribution in [0.25, 0.3) is 0 Å². The van der Waals surface area contributed by atoms with Crippen LogP contribution in [0.5, 0.6) is 5.75 Å². The van der Waals surface area contributed by atoms with Gasteiger partial charge in [-0.2, -0.15) is 0 Å². The summed E-state index contributed by atoms with van der Waals surface area (Å²) in [5.74, 6) is 1.06. The molecule has 0 saturated heterocycles. The van der Waals surface area contributed by atoms with Crippen molar-refractivity contribution in [3.05, 3.63) is 64.2 Å². The first kappa shape index (κ1) is 14.2. The van der Waals surface area contributed by atoms with Crippen LogP contribution in [-0.2, 0) is 13.0 Å². The van der Waals surface area contributed by atoms with Crippen molar-refractivity contribution in [2.45, 2.75) is 39.8 Å². The van der Waals surface area contributed by atoms with Crippen LogP contribution in [0.15, 0.2) is 36.4 Å². The summed E-state index contributed by atoms with van der Waals surface area (Å²) in [6.45, 7) is 8.27. The van der Waals surface area contributed by atoms with Gasteiger partial charge in [0.2, 0.25) is 0 Å². The Balaban J connectivity index is 1.67. The summed E-state index contributed by atoms with van der Waals surface area (Å²) in [5, 5.41) is 3.63. The molecule has 2 aromatic carbocycles. The molecule has 0 fully saturated rings. The fraction of sp³-hybridized carbons (Fsp3) is 0.368. The highest BCUT2D eigenvalue weighted by Crippen LogP contribution is 2.26. The maximum Gasteiger partial charge on any atom is 0.122 e. The average molecular weight is 281 g/mol. The highest BCUT2D eigenvalue weighted by atomic mass is 16.5. The predicted molar refractivity (Wildman–Crippen MR) is 86.8 cm³/mol. The highest BCUT2D eigenvalue weighted by molar-refractivity contribution is 5.40. The summed E-state index contributed by atoms with van der Waals surface area (Å²) in [5.41, 5.74) is 6.73. The third-order valence-electron chi connectivity index (χ3n) is 4.26. The fourth-order valence-electron chi connectivity index (χ4n) is 3.04. The highest BCUT2D eigenvalue weighted by Gasteiger charge is 2.13. The number of aryl methyl sites for hydroxylation is 2. The molecule has 0 radical (unpaired) electrons. The molecule has 0 aliphatic carbocycles. The third kappa shape index (κ3) is 3.11. The number of benzene rings is 2. The second kappa shape index (κ2) is 5.90. The minimum atomic E-state index is 0.357. The molecule has 0 aromatic heterocycles. The lowest BCUT2D eigenvalue weighted by Gasteiger charge is -2.17. The lowest BCUT2D eigenvalue weighted by atomic mass is 10.00. The molecule has 21 heavy (non-hydrogen) atoms. The van der Waals surface area contributed by atoms with Crippen molar-refractivity contribution < 1.29 is 4.74 Å². The second-order valence-electron chi connectivity index (χ2n) is 6.00. The van der Waals surface area contributed by atoms with Crippen molar-refractivity contribution in [1.29, 1.82) is 0 Å². The lowest BCUT2D eigenvalue weighted by Crippen LogP contribution is -2.19. The third-order valence-corrected chi connectivity index (χ3v) is 4.26. The summed E-state index contributed by atoms with van der Waals surface area (Å²) in [7, 11) is 0. The molecule has 0 spiro atoms. The Morgan fingerprint density at radius 1 is 1.14 bits per heavy atom. The van der Waals surface area contributed by atoms with E-state index in [0.717, 1.165) is 25.3 Å². The van der Waals surface area contributed by atoms with Crippen LogP contribution in [0.3, 0.4) is 0 Å². The van der Waals surface area contributed by atoms with Gasteiger partial charge in [0.05, 0.1) is 6.61 Å². The Kier molecular flexibility index (Phi) is 3.98. The predicted octanol–water partition coefficient (Wildman–Crippen LogP) is 4.09. The van der Waals surface area contributed by atoms with Gasteiger partial charge in [0, 0.05) is 19.0 Å². The molecular formula is C19H23NO. The Morgan fingerprint density at radius 3 is 2.81 bits per heavy atom. The summed E-state index contributed by atoms with van der Waals surface area (Å²) in [6, 6.07) is 13.6. The topological polar surface area (TPSA) is 21.3 Å². The Bertz CT molecular complexity index is 648. The Morgan fingerprint density at radius 2 is 2.00 bits per heavy atom. The zero-order chi connectivity index (χ0) is 14.8. The van der Waals surface area contributed by atoms with Gasteiger partial charge in [0.15, 0.2) is 0 Å². The van der Waals surface area contributed by atoms with E-state index in [4.69, 9.17) is 4.74 Å². The van der Waals surface area contributed by atoms with Crippen LogP contribution in [0, 0.1) is 13.8 Å². The molecule has 0 bridgehead atoms. The van der Waals surface area contributed by atoms with E-state index in [-0.39, 0.29) is 0 Å². The quantitative estimate of drug-likeness (QED) is 0.911. The average Bonchev–Trinajstić information content (AvgIpc) is 2.92. The Labute approximate surface area is 127 Å². The van der Waals surface area contributed by atoms with E-state index in [2.05, 4.69) is 62.5 Å². The van der Waals surface area contributed by atoms with Crippen LogP contribution in [0.1, 0.15) is 40.8 Å². The monoisotopic (exact) mass is 281 g/mol. The molecule has 1 heterocycles. The first-order valence-corrected chi connectivity index (χ1v) is 7.68. The molecule has 1 N–H and O–H groups in total. The zero-order valence-electron chi connectivity index (χ0n) is 13.1. The second-order valence-corrected chi connectivity index (χ2v) is 6.00. The van der Waals surface area contributed by atoms with E-state index in [1.165, 1.54) is 27.8 Å². The molecule has 110 valence electrons. The van der Waals surface area contributed by atoms with E-state index >= 15 is 0 Å². The molecule has 2 nitrogen and oxygen atoms in total. The molecule has 1 atom stereocenters. The van der Waals surface area contributed by atoms with Gasteiger partial charge < -0.3 is 10.1 Å². The van der Waals surface area contributed by atoms with Gasteiger partial charge in [-0.05, 0) is 49.1 Å². The summed E-state index contributed by atoms with van der Waals surface area (Å²) in [4.78, 5) is 0. The number of nitrogens with one attached hydrogen (secondary N) is 1. The molecule has 1 aliphatic rings. The van der Waals surface area contributed by atoms with Crippen molar-refractivity contribution in [1.82, 2.24) is 5.32 Å². The molecule has 0 saturated carbocycles. The molecule has 3 rings (SSSR count). The first-order chi connectivity index (χ1) is 10.1. The number of hydrogen-bond donors (Lipinski definition) is 1. The largest absolute Gasteiger partial charge is 0.493 e. The number of rotatable bonds is 4. The molecule has 0 amide bonds. The zero-order valence-corrected chi connectivity index (χ0v) is 13.1. The molecule has 1 aliphatic heterocycles. The smallest absolute Gasteiger partial charge is 0.122 e. The Hall–Kier alpha value is -1.80. The first-order valence-electron chi connectivity index (χ1n) is 7.68. The van der Waals surface area contributed by atoms with Crippen molar-refractivity contribution in [2.75, 3.05) is 6.61 Å². The molecule has 2 aromatic rings. The van der Waals surface area contributed by atoms with Crippen LogP contribution in [0.2, 0.25) is 0 Å². The number of ether oxygens (including phenoxy) is 1. The van der Waals surface area contributed by atoms with Gasteiger partial charge in [-0.25, -0.2) is 0 Å². The number of fused-ring (bicyclic) bond motifs is 1. The van der Waals surface area contributed by atoms with Crippen molar-refractivity contribution in [3.8, 4) is 5.75 Å². The minimum absolute atomic E-state index is 0.357. The molecular weight excluding hydrogens is 258 g/mol. The summed E-state index contributed by atoms with van der Waals surface area (Å²) in [6.07, 6.45) is 1.04. The maximum absolute atomic E-state index is 5.55. The van der Waals surface area contributed by atoms with Gasteiger partial charge in [0.25, 0.3) is 0 Å². The van der Waals surface area contributed by atoms with Gasteiger partial charge in [-0.15, -0.1) is 0 Å². The van der Waals surface area contributed by atoms with Gasteiger partial charge in [-0.3, -0.25) is 0 Å². The van der Waals surface area contributed by atoms with Crippen molar-refractivity contribution in [3.63, 3.8) is 0 Å².